The van der Waals surface area contributed by atoms with E-state index in [4.69, 9.17) is 46.4 Å². The minimum absolute atomic E-state index is 0.121. The second-order valence-corrected chi connectivity index (χ2v) is 17.2. The van der Waals surface area contributed by atoms with Gasteiger partial charge in [-0.1, -0.05) is 73.4 Å². The minimum Gasteiger partial charge on any atom is -0.324 e. The van der Waals surface area contributed by atoms with Crippen molar-refractivity contribution < 1.29 is 28.8 Å². The molecular weight excluding hydrogens is 926 g/mol. The fourth-order valence-electron chi connectivity index (χ4n) is 6.68. The molecule has 0 saturated heterocycles. The van der Waals surface area contributed by atoms with Gasteiger partial charge in [0, 0.05) is 43.9 Å². The number of anilines is 4. The first kappa shape index (κ1) is 50.7. The maximum Gasteiger partial charge on any atom is 0.258 e. The topological polar surface area (TPSA) is 200 Å². The number of carbonyl (C=O) groups excluding carboxylic acids is 6. The number of azo groups is 2. The molecule has 0 aliphatic rings. The molecule has 342 valence electrons. The maximum absolute atomic E-state index is 13.7. The van der Waals surface area contributed by atoms with Crippen molar-refractivity contribution >= 4 is 116 Å². The summed E-state index contributed by atoms with van der Waals surface area (Å²) in [6.07, 6.45) is 0.772. The zero-order valence-electron chi connectivity index (χ0n) is 36.7. The van der Waals surface area contributed by atoms with Gasteiger partial charge < -0.3 is 21.3 Å². The first-order chi connectivity index (χ1) is 31.4. The Hall–Kier alpha value is -6.32. The third-order valence-corrected chi connectivity index (χ3v) is 10.9. The van der Waals surface area contributed by atoms with Crippen molar-refractivity contribution in [2.24, 2.45) is 20.5 Å². The van der Waals surface area contributed by atoms with Crippen molar-refractivity contribution in [3.05, 3.63) is 140 Å². The summed E-state index contributed by atoms with van der Waals surface area (Å²) < 4.78 is 0. The first-order valence-corrected chi connectivity index (χ1v) is 22.3. The van der Waals surface area contributed by atoms with Crippen molar-refractivity contribution in [1.82, 2.24) is 0 Å². The van der Waals surface area contributed by atoms with Gasteiger partial charge in [-0.3, -0.25) is 28.8 Å². The van der Waals surface area contributed by atoms with Crippen molar-refractivity contribution in [3.8, 4) is 0 Å². The average Bonchev–Trinajstić information content (AvgIpc) is 3.26. The van der Waals surface area contributed by atoms with E-state index >= 15 is 0 Å². The molecule has 4 unspecified atom stereocenters. The van der Waals surface area contributed by atoms with Crippen LogP contribution in [-0.2, 0) is 32.0 Å². The van der Waals surface area contributed by atoms with E-state index in [2.05, 4.69) is 41.7 Å². The minimum atomic E-state index is -1.57. The normalized spacial score (nSPS) is 13.1. The van der Waals surface area contributed by atoms with Crippen LogP contribution in [0.1, 0.15) is 95.3 Å². The van der Waals surface area contributed by atoms with Gasteiger partial charge in [-0.15, -0.1) is 23.2 Å². The Kier molecular flexibility index (Phi) is 17.8. The number of amides is 4. The molecule has 18 heteroatoms. The van der Waals surface area contributed by atoms with Crippen LogP contribution in [-0.4, -0.2) is 47.3 Å². The Bertz CT molecular complexity index is 2720. The molecule has 0 spiro atoms. The molecular formula is C48H46Cl4N8O6. The number of carbonyl (C=O) groups is 6. The number of halogens is 4. The summed E-state index contributed by atoms with van der Waals surface area (Å²) in [4.78, 5) is 79.3. The number of hydrogen-bond acceptors (Lipinski definition) is 10. The smallest absolute Gasteiger partial charge is 0.258 e. The summed E-state index contributed by atoms with van der Waals surface area (Å²) in [5.74, 6) is -3.75. The quantitative estimate of drug-likeness (QED) is 0.0382. The lowest BCUT2D eigenvalue weighted by molar-refractivity contribution is -0.127. The molecule has 0 heterocycles. The Morgan fingerprint density at radius 1 is 0.545 bits per heavy atom. The van der Waals surface area contributed by atoms with Gasteiger partial charge in [-0.2, -0.15) is 20.5 Å². The highest BCUT2D eigenvalue weighted by atomic mass is 35.5. The molecule has 4 N–H and O–H groups in total. The maximum atomic E-state index is 13.7. The predicted molar refractivity (Wildman–Crippen MR) is 261 cm³/mol. The number of aryl methyl sites for hydroxylation is 2. The number of nitrogens with zero attached hydrogens (tertiary/aromatic N) is 4. The largest absolute Gasteiger partial charge is 0.324 e. The molecule has 0 aromatic heterocycles. The van der Waals surface area contributed by atoms with E-state index in [1.165, 1.54) is 50.2 Å². The summed E-state index contributed by atoms with van der Waals surface area (Å²) in [5, 5.41) is 27.1. The number of alkyl halides is 2. The van der Waals surface area contributed by atoms with Crippen LogP contribution in [0.5, 0.6) is 0 Å². The standard InChI is InChI=1S/C48H46Cl4N8O6/c1-7-29-19-35(53-47(65)42(27(5)61)59-57-36-21-31(17-33(51)23-36)45(63)54-40-15-11-9-13-38(40)25(3)49)20-30(8-2)44(29)56-48(66)43(28(6)62)60-58-37-22-32(18-34(52)24-37)46(64)55-41-16-12-10-14-39(41)26(4)50/h9-26,42-43H,7-8H2,1-6H3,(H,53,65)(H,54,63)(H,55,64)(H,56,66). The van der Waals surface area contributed by atoms with Crippen molar-refractivity contribution in [3.63, 3.8) is 0 Å². The molecule has 0 aliphatic carbocycles. The van der Waals surface area contributed by atoms with Gasteiger partial charge in [0.1, 0.15) is 0 Å². The molecule has 0 fully saturated rings. The molecule has 5 aromatic carbocycles. The second-order valence-electron chi connectivity index (χ2n) is 15.0. The highest BCUT2D eigenvalue weighted by Gasteiger charge is 2.27. The van der Waals surface area contributed by atoms with E-state index in [0.717, 1.165) is 11.1 Å². The molecule has 0 bridgehead atoms. The van der Waals surface area contributed by atoms with Crippen molar-refractivity contribution in [2.45, 2.75) is 77.2 Å². The van der Waals surface area contributed by atoms with Gasteiger partial charge in [-0.25, -0.2) is 0 Å². The van der Waals surface area contributed by atoms with E-state index in [9.17, 15) is 28.8 Å². The molecule has 0 radical (unpaired) electrons. The van der Waals surface area contributed by atoms with Gasteiger partial charge in [0.2, 0.25) is 12.1 Å². The van der Waals surface area contributed by atoms with E-state index in [0.29, 0.717) is 46.7 Å². The van der Waals surface area contributed by atoms with Crippen LogP contribution < -0.4 is 21.3 Å². The molecule has 4 atom stereocenters. The van der Waals surface area contributed by atoms with E-state index in [1.807, 2.05) is 26.0 Å². The zero-order chi connectivity index (χ0) is 48.2. The van der Waals surface area contributed by atoms with Crippen LogP contribution in [0, 0.1) is 0 Å². The lowest BCUT2D eigenvalue weighted by Gasteiger charge is -2.19. The van der Waals surface area contributed by atoms with Crippen LogP contribution in [0.2, 0.25) is 10.0 Å². The number of rotatable bonds is 18. The Morgan fingerprint density at radius 3 is 1.32 bits per heavy atom. The second kappa shape index (κ2) is 23.2. The number of para-hydroxylation sites is 2. The predicted octanol–water partition coefficient (Wildman–Crippen LogP) is 12.6. The number of Topliss-reactive ketones (excluding diaryl/α,β-unsaturated/α-hetero) is 2. The highest BCUT2D eigenvalue weighted by molar-refractivity contribution is 6.32. The molecule has 66 heavy (non-hydrogen) atoms. The summed E-state index contributed by atoms with van der Waals surface area (Å²) in [6, 6.07) is 22.9. The Labute approximate surface area is 402 Å². The van der Waals surface area contributed by atoms with Crippen LogP contribution in [0.25, 0.3) is 0 Å². The first-order valence-electron chi connectivity index (χ1n) is 20.7. The molecule has 4 amide bonds. The summed E-state index contributed by atoms with van der Waals surface area (Å²) in [6.45, 7) is 9.63. The number of hydrogen-bond donors (Lipinski definition) is 4. The molecule has 0 saturated carbocycles. The summed E-state index contributed by atoms with van der Waals surface area (Å²) >= 11 is 25.3. The van der Waals surface area contributed by atoms with Crippen LogP contribution in [0.3, 0.4) is 0 Å². The Balaban J connectivity index is 1.31. The van der Waals surface area contributed by atoms with Crippen molar-refractivity contribution in [2.75, 3.05) is 21.3 Å². The number of benzene rings is 5. The van der Waals surface area contributed by atoms with Crippen LogP contribution in [0.4, 0.5) is 34.1 Å². The van der Waals surface area contributed by atoms with Gasteiger partial charge >= 0.3 is 0 Å². The number of ketones is 2. The monoisotopic (exact) mass is 970 g/mol. The van der Waals surface area contributed by atoms with Crippen molar-refractivity contribution in [1.29, 1.82) is 0 Å². The molecule has 14 nitrogen and oxygen atoms in total. The SMILES string of the molecule is CCc1cc(NC(=O)C(N=Nc2cc(Cl)cc(C(=O)Nc3ccccc3C(C)Cl)c2)C(C)=O)cc(CC)c1NC(=O)C(N=Nc1cc(Cl)cc(C(=O)Nc2ccccc2C(C)Cl)c1)C(C)=O. The van der Waals surface area contributed by atoms with Crippen LogP contribution in [0.15, 0.2) is 118 Å². The van der Waals surface area contributed by atoms with E-state index in [1.54, 1.807) is 62.4 Å². The number of nitrogens with one attached hydrogen (secondary N) is 4. The molecule has 0 aliphatic heterocycles. The fraction of sp³-hybridized carbons (Fsp3) is 0.250. The van der Waals surface area contributed by atoms with Crippen LogP contribution >= 0.6 is 46.4 Å². The summed E-state index contributed by atoms with van der Waals surface area (Å²) in [5.41, 5.74) is 4.94. The molecule has 5 aromatic rings. The lowest BCUT2D eigenvalue weighted by atomic mass is 10.0. The van der Waals surface area contributed by atoms with E-state index in [-0.39, 0.29) is 43.3 Å². The third kappa shape index (κ3) is 13.4. The van der Waals surface area contributed by atoms with E-state index < -0.39 is 47.3 Å². The molecule has 5 rings (SSSR count). The van der Waals surface area contributed by atoms with Gasteiger partial charge in [0.05, 0.1) is 22.1 Å². The van der Waals surface area contributed by atoms with Gasteiger partial charge in [0.15, 0.2) is 11.6 Å². The highest BCUT2D eigenvalue weighted by Crippen LogP contribution is 2.32. The average molecular weight is 973 g/mol. The summed E-state index contributed by atoms with van der Waals surface area (Å²) in [7, 11) is 0. The zero-order valence-corrected chi connectivity index (χ0v) is 39.7. The van der Waals surface area contributed by atoms with Gasteiger partial charge in [0.25, 0.3) is 23.6 Å². The van der Waals surface area contributed by atoms with Gasteiger partial charge in [-0.05, 0) is 123 Å². The fourth-order valence-corrected chi connectivity index (χ4v) is 7.52. The Morgan fingerprint density at radius 2 is 0.939 bits per heavy atom. The third-order valence-electron chi connectivity index (χ3n) is 9.99. The lowest BCUT2D eigenvalue weighted by Crippen LogP contribution is -2.33.